The number of para-hydroxylation sites is 1. The second-order valence-corrected chi connectivity index (χ2v) is 5.05. The van der Waals surface area contributed by atoms with E-state index in [1.54, 1.807) is 30.6 Å². The third-order valence-electron chi connectivity index (χ3n) is 2.71. The molecule has 0 spiro atoms. The van der Waals surface area contributed by atoms with Crippen LogP contribution in [0.5, 0.6) is 5.75 Å². The Morgan fingerprint density at radius 2 is 2.00 bits per heavy atom. The average Bonchev–Trinajstić information content (AvgIpc) is 2.45. The van der Waals surface area contributed by atoms with Gasteiger partial charge in [-0.2, -0.15) is 0 Å². The molecule has 0 radical (unpaired) electrons. The molecule has 3 rings (SSSR count). The summed E-state index contributed by atoms with van der Waals surface area (Å²) in [6, 6.07) is 10.8. The van der Waals surface area contributed by atoms with Crippen molar-refractivity contribution >= 4 is 22.7 Å². The topological polar surface area (TPSA) is 66.0 Å². The number of aromatic hydroxyl groups is 1. The molecule has 94 valence electrons. The van der Waals surface area contributed by atoms with Crippen LogP contribution in [0.15, 0.2) is 63.4 Å². The monoisotopic (exact) mass is 270 g/mol. The summed E-state index contributed by atoms with van der Waals surface area (Å²) in [5.74, 6) is 0.00760. The van der Waals surface area contributed by atoms with Crippen molar-refractivity contribution < 1.29 is 5.11 Å². The van der Waals surface area contributed by atoms with Crippen LogP contribution in [-0.2, 0) is 0 Å². The first-order valence-corrected chi connectivity index (χ1v) is 6.49. The Bertz CT molecular complexity index is 784. The largest absolute Gasteiger partial charge is 0.506 e. The Morgan fingerprint density at radius 1 is 1.16 bits per heavy atom. The van der Waals surface area contributed by atoms with Gasteiger partial charge in [0.05, 0.1) is 5.52 Å². The lowest BCUT2D eigenvalue weighted by Crippen LogP contribution is -2.08. The van der Waals surface area contributed by atoms with Gasteiger partial charge in [-0.3, -0.25) is 9.78 Å². The minimum Gasteiger partial charge on any atom is -0.506 e. The zero-order valence-electron chi connectivity index (χ0n) is 9.83. The normalized spacial score (nSPS) is 10.7. The fourth-order valence-corrected chi connectivity index (χ4v) is 2.67. The van der Waals surface area contributed by atoms with Gasteiger partial charge in [0.15, 0.2) is 0 Å². The summed E-state index contributed by atoms with van der Waals surface area (Å²) >= 11 is 1.20. The number of hydrogen-bond acceptors (Lipinski definition) is 4. The number of aromatic amines is 1. The molecule has 0 fully saturated rings. The number of aromatic nitrogens is 2. The predicted octanol–water partition coefficient (Wildman–Crippen LogP) is 2.78. The summed E-state index contributed by atoms with van der Waals surface area (Å²) in [5, 5.41) is 10.9. The van der Waals surface area contributed by atoms with Crippen molar-refractivity contribution in [2.24, 2.45) is 0 Å². The SMILES string of the molecule is O=c1[nH]c2ccccc2c(O)c1Sc1cccnc1. The molecule has 0 bridgehead atoms. The van der Waals surface area contributed by atoms with Gasteiger partial charge in [-0.25, -0.2) is 0 Å². The minimum absolute atomic E-state index is 0.00760. The number of hydrogen-bond donors (Lipinski definition) is 2. The van der Waals surface area contributed by atoms with Crippen molar-refractivity contribution in [3.05, 3.63) is 59.1 Å². The first-order valence-electron chi connectivity index (χ1n) is 5.67. The number of rotatable bonds is 2. The molecule has 3 aromatic rings. The van der Waals surface area contributed by atoms with Crippen molar-refractivity contribution in [1.29, 1.82) is 0 Å². The lowest BCUT2D eigenvalue weighted by atomic mass is 10.2. The quantitative estimate of drug-likeness (QED) is 0.751. The maximum Gasteiger partial charge on any atom is 0.266 e. The molecule has 0 atom stereocenters. The van der Waals surface area contributed by atoms with E-state index in [-0.39, 0.29) is 16.2 Å². The van der Waals surface area contributed by atoms with Crippen molar-refractivity contribution in [1.82, 2.24) is 9.97 Å². The Labute approximate surface area is 113 Å². The summed E-state index contributed by atoms with van der Waals surface area (Å²) in [6.07, 6.45) is 3.31. The van der Waals surface area contributed by atoms with Crippen LogP contribution in [0, 0.1) is 0 Å². The lowest BCUT2D eigenvalue weighted by Gasteiger charge is -2.06. The lowest BCUT2D eigenvalue weighted by molar-refractivity contribution is 0.467. The maximum absolute atomic E-state index is 12.0. The molecule has 19 heavy (non-hydrogen) atoms. The zero-order valence-corrected chi connectivity index (χ0v) is 10.6. The summed E-state index contributed by atoms with van der Waals surface area (Å²) in [7, 11) is 0. The fourth-order valence-electron chi connectivity index (χ4n) is 1.83. The van der Waals surface area contributed by atoms with Crippen LogP contribution in [-0.4, -0.2) is 15.1 Å². The van der Waals surface area contributed by atoms with Crippen LogP contribution >= 0.6 is 11.8 Å². The Hall–Kier alpha value is -2.27. The molecular formula is C14H10N2O2S. The molecule has 0 saturated carbocycles. The first kappa shape index (κ1) is 11.8. The zero-order chi connectivity index (χ0) is 13.2. The Morgan fingerprint density at radius 3 is 2.79 bits per heavy atom. The molecule has 2 aromatic heterocycles. The van der Waals surface area contributed by atoms with Gasteiger partial charge in [-0.15, -0.1) is 0 Å². The maximum atomic E-state index is 12.0. The molecule has 0 saturated heterocycles. The van der Waals surface area contributed by atoms with E-state index in [1.165, 1.54) is 11.8 Å². The van der Waals surface area contributed by atoms with Gasteiger partial charge in [-0.05, 0) is 24.3 Å². The van der Waals surface area contributed by atoms with Crippen LogP contribution in [0.1, 0.15) is 0 Å². The van der Waals surface area contributed by atoms with Gasteiger partial charge in [0.1, 0.15) is 10.6 Å². The molecule has 0 aliphatic heterocycles. The first-order chi connectivity index (χ1) is 9.25. The summed E-state index contributed by atoms with van der Waals surface area (Å²) in [4.78, 5) is 19.8. The van der Waals surface area contributed by atoms with Crippen LogP contribution in [0.2, 0.25) is 0 Å². The number of nitrogens with one attached hydrogen (secondary N) is 1. The number of fused-ring (bicyclic) bond motifs is 1. The van der Waals surface area contributed by atoms with Crippen LogP contribution in [0.3, 0.4) is 0 Å². The molecule has 2 N–H and O–H groups in total. The van der Waals surface area contributed by atoms with Crippen molar-refractivity contribution in [3.8, 4) is 5.75 Å². The third kappa shape index (κ3) is 2.20. The van der Waals surface area contributed by atoms with Crippen molar-refractivity contribution in [3.63, 3.8) is 0 Å². The van der Waals surface area contributed by atoms with Crippen LogP contribution < -0.4 is 5.56 Å². The van der Waals surface area contributed by atoms with E-state index in [4.69, 9.17) is 0 Å². The Balaban J connectivity index is 2.16. The second kappa shape index (κ2) is 4.78. The molecule has 0 aliphatic carbocycles. The molecular weight excluding hydrogens is 260 g/mol. The van der Waals surface area contributed by atoms with E-state index in [0.29, 0.717) is 10.9 Å². The van der Waals surface area contributed by atoms with E-state index >= 15 is 0 Å². The standard InChI is InChI=1S/C14H10N2O2S/c17-12-10-5-1-2-6-11(10)16-14(18)13(12)19-9-4-3-7-15-8-9/h1-8H,(H2,16,17,18). The molecule has 5 heteroatoms. The summed E-state index contributed by atoms with van der Waals surface area (Å²) < 4.78 is 0. The van der Waals surface area contributed by atoms with Gasteiger partial charge >= 0.3 is 0 Å². The van der Waals surface area contributed by atoms with Gasteiger partial charge in [0.25, 0.3) is 5.56 Å². The number of benzene rings is 1. The van der Waals surface area contributed by atoms with E-state index in [1.807, 2.05) is 18.2 Å². The predicted molar refractivity (Wildman–Crippen MR) is 74.6 cm³/mol. The number of pyridine rings is 2. The van der Waals surface area contributed by atoms with Gasteiger partial charge in [0, 0.05) is 22.7 Å². The van der Waals surface area contributed by atoms with Gasteiger partial charge < -0.3 is 10.1 Å². The van der Waals surface area contributed by atoms with E-state index in [9.17, 15) is 9.90 Å². The highest BCUT2D eigenvalue weighted by Crippen LogP contribution is 2.34. The average molecular weight is 270 g/mol. The molecule has 0 aliphatic rings. The highest BCUT2D eigenvalue weighted by atomic mass is 32.2. The smallest absolute Gasteiger partial charge is 0.266 e. The number of H-pyrrole nitrogens is 1. The van der Waals surface area contributed by atoms with Crippen LogP contribution in [0.4, 0.5) is 0 Å². The second-order valence-electron chi connectivity index (χ2n) is 3.97. The third-order valence-corrected chi connectivity index (χ3v) is 3.77. The van der Waals surface area contributed by atoms with E-state index in [2.05, 4.69) is 9.97 Å². The molecule has 1 aromatic carbocycles. The highest BCUT2D eigenvalue weighted by molar-refractivity contribution is 7.99. The minimum atomic E-state index is -0.301. The fraction of sp³-hybridized carbons (Fsp3) is 0. The summed E-state index contributed by atoms with van der Waals surface area (Å²) in [6.45, 7) is 0. The van der Waals surface area contributed by atoms with Crippen molar-refractivity contribution in [2.75, 3.05) is 0 Å². The highest BCUT2D eigenvalue weighted by Gasteiger charge is 2.12. The molecule has 0 unspecified atom stereocenters. The number of nitrogens with zero attached hydrogens (tertiary/aromatic N) is 1. The van der Waals surface area contributed by atoms with E-state index < -0.39 is 0 Å². The van der Waals surface area contributed by atoms with Crippen LogP contribution in [0.25, 0.3) is 10.9 Å². The van der Waals surface area contributed by atoms with Crippen molar-refractivity contribution in [2.45, 2.75) is 9.79 Å². The molecule has 2 heterocycles. The Kier molecular flexibility index (Phi) is 2.97. The molecule has 4 nitrogen and oxygen atoms in total. The van der Waals surface area contributed by atoms with Gasteiger partial charge in [0.2, 0.25) is 0 Å². The molecule has 0 amide bonds. The van der Waals surface area contributed by atoms with E-state index in [0.717, 1.165) is 4.90 Å². The van der Waals surface area contributed by atoms with Gasteiger partial charge in [-0.1, -0.05) is 23.9 Å². The summed E-state index contributed by atoms with van der Waals surface area (Å²) in [5.41, 5.74) is 0.325.